The Hall–Kier alpha value is -2.21. The van der Waals surface area contributed by atoms with Gasteiger partial charge in [0.2, 0.25) is 5.75 Å². The molecule has 0 amide bonds. The average molecular weight is 563 g/mol. The van der Waals surface area contributed by atoms with Crippen molar-refractivity contribution >= 4 is 39.8 Å². The van der Waals surface area contributed by atoms with E-state index in [2.05, 4.69) is 15.6 Å². The third-order valence-corrected chi connectivity index (χ3v) is 5.43. The molecule has 10 heteroatoms. The number of benzene rings is 2. The number of nitrogens with one attached hydrogen (secondary N) is 2. The molecule has 0 aliphatic heterocycles. The zero-order valence-corrected chi connectivity index (χ0v) is 21.5. The first-order chi connectivity index (χ1) is 14.3. The quantitative estimate of drug-likeness (QED) is 0.275. The molecule has 2 aromatic carbocycles. The predicted molar refractivity (Wildman–Crippen MR) is 133 cm³/mol. The molecular formula is C21H30IN3O5S. The molecule has 8 nitrogen and oxygen atoms in total. The van der Waals surface area contributed by atoms with Gasteiger partial charge in [-0.3, -0.25) is 0 Å². The molecule has 0 saturated heterocycles. The summed E-state index contributed by atoms with van der Waals surface area (Å²) in [7, 11) is 1.51. The van der Waals surface area contributed by atoms with Crippen LogP contribution in [-0.2, 0) is 22.9 Å². The van der Waals surface area contributed by atoms with E-state index in [1.165, 1.54) is 6.26 Å². The van der Waals surface area contributed by atoms with Gasteiger partial charge >= 0.3 is 0 Å². The van der Waals surface area contributed by atoms with Crippen LogP contribution in [-0.4, -0.2) is 48.5 Å². The van der Waals surface area contributed by atoms with Crippen LogP contribution in [0.2, 0.25) is 0 Å². The van der Waals surface area contributed by atoms with E-state index in [-0.39, 0.29) is 24.0 Å². The maximum absolute atomic E-state index is 11.6. The van der Waals surface area contributed by atoms with Gasteiger partial charge in [0, 0.05) is 19.3 Å². The summed E-state index contributed by atoms with van der Waals surface area (Å²) in [4.78, 5) is 4.91. The second kappa shape index (κ2) is 12.6. The van der Waals surface area contributed by atoms with Gasteiger partial charge in [-0.25, -0.2) is 13.4 Å². The monoisotopic (exact) mass is 563 g/mol. The number of methoxy groups -OCH3 is 3. The lowest BCUT2D eigenvalue weighted by Gasteiger charge is -2.14. The molecule has 0 aromatic heterocycles. The average Bonchev–Trinajstić information content (AvgIpc) is 2.74. The number of halogens is 1. The summed E-state index contributed by atoms with van der Waals surface area (Å²) >= 11 is 0. The molecular weight excluding hydrogens is 533 g/mol. The van der Waals surface area contributed by atoms with E-state index in [4.69, 9.17) is 14.2 Å². The van der Waals surface area contributed by atoms with Crippen LogP contribution in [0, 0.1) is 0 Å². The Labute approximate surface area is 201 Å². The van der Waals surface area contributed by atoms with E-state index < -0.39 is 9.84 Å². The van der Waals surface area contributed by atoms with Gasteiger partial charge in [0.25, 0.3) is 0 Å². The smallest absolute Gasteiger partial charge is 0.203 e. The number of guanidine groups is 1. The molecule has 0 bridgehead atoms. The Balaban J connectivity index is 0.00000480. The van der Waals surface area contributed by atoms with Gasteiger partial charge < -0.3 is 24.8 Å². The van der Waals surface area contributed by atoms with E-state index in [1.807, 2.05) is 19.1 Å². The van der Waals surface area contributed by atoms with Gasteiger partial charge in [-0.1, -0.05) is 12.1 Å². The Bertz CT molecular complexity index is 954. The van der Waals surface area contributed by atoms with Crippen LogP contribution in [0.1, 0.15) is 18.1 Å². The van der Waals surface area contributed by atoms with Gasteiger partial charge in [-0.15, -0.1) is 24.0 Å². The molecule has 0 aliphatic rings. The first-order valence-electron chi connectivity index (χ1n) is 9.42. The van der Waals surface area contributed by atoms with E-state index in [0.29, 0.717) is 47.7 Å². The zero-order valence-electron chi connectivity index (χ0n) is 18.4. The summed E-state index contributed by atoms with van der Waals surface area (Å²) in [5.74, 6) is 2.32. The summed E-state index contributed by atoms with van der Waals surface area (Å²) in [6.45, 7) is 3.59. The van der Waals surface area contributed by atoms with Gasteiger partial charge in [-0.2, -0.15) is 0 Å². The van der Waals surface area contributed by atoms with Crippen molar-refractivity contribution < 1.29 is 22.6 Å². The van der Waals surface area contributed by atoms with Gasteiger partial charge in [0.05, 0.1) is 32.8 Å². The van der Waals surface area contributed by atoms with Gasteiger partial charge in [-0.05, 0) is 42.3 Å². The second-order valence-corrected chi connectivity index (χ2v) is 8.51. The largest absolute Gasteiger partial charge is 0.493 e. The van der Waals surface area contributed by atoms with Crippen molar-refractivity contribution in [2.75, 3.05) is 34.1 Å². The van der Waals surface area contributed by atoms with Crippen LogP contribution < -0.4 is 24.8 Å². The Morgan fingerprint density at radius 3 is 1.97 bits per heavy atom. The third-order valence-electron chi connectivity index (χ3n) is 4.30. The molecule has 0 radical (unpaired) electrons. The molecule has 0 unspecified atom stereocenters. The van der Waals surface area contributed by atoms with Crippen molar-refractivity contribution in [1.29, 1.82) is 0 Å². The van der Waals surface area contributed by atoms with Crippen molar-refractivity contribution in [2.45, 2.75) is 24.9 Å². The van der Waals surface area contributed by atoms with E-state index in [9.17, 15) is 8.42 Å². The van der Waals surface area contributed by atoms with Crippen LogP contribution in [0.5, 0.6) is 17.2 Å². The molecule has 0 heterocycles. The summed E-state index contributed by atoms with van der Waals surface area (Å²) in [5, 5.41) is 6.44. The molecule has 172 valence electrons. The summed E-state index contributed by atoms with van der Waals surface area (Å²) in [6, 6.07) is 10.5. The lowest BCUT2D eigenvalue weighted by molar-refractivity contribution is 0.324. The first kappa shape index (κ1) is 26.8. The fourth-order valence-corrected chi connectivity index (χ4v) is 3.41. The first-order valence-corrected chi connectivity index (χ1v) is 11.3. The highest BCUT2D eigenvalue weighted by atomic mass is 127. The van der Waals surface area contributed by atoms with Crippen LogP contribution in [0.25, 0.3) is 0 Å². The van der Waals surface area contributed by atoms with Gasteiger partial charge in [0.15, 0.2) is 27.3 Å². The summed E-state index contributed by atoms with van der Waals surface area (Å²) in [6.07, 6.45) is 1.19. The lowest BCUT2D eigenvalue weighted by Crippen LogP contribution is -2.36. The molecule has 0 spiro atoms. The van der Waals surface area contributed by atoms with Crippen molar-refractivity contribution in [3.63, 3.8) is 0 Å². The Morgan fingerprint density at radius 2 is 1.52 bits per heavy atom. The predicted octanol–water partition coefficient (Wildman–Crippen LogP) is 2.99. The molecule has 0 aliphatic carbocycles. The molecule has 0 atom stereocenters. The highest BCUT2D eigenvalue weighted by Gasteiger charge is 2.13. The van der Waals surface area contributed by atoms with Crippen molar-refractivity contribution in [2.24, 2.45) is 4.99 Å². The second-order valence-electron chi connectivity index (χ2n) is 6.50. The Kier molecular flexibility index (Phi) is 10.9. The molecule has 0 fully saturated rings. The fourth-order valence-electron chi connectivity index (χ4n) is 2.78. The van der Waals surface area contributed by atoms with Crippen LogP contribution in [0.3, 0.4) is 0 Å². The minimum absolute atomic E-state index is 0. The fraction of sp³-hybridized carbons (Fsp3) is 0.381. The number of rotatable bonds is 9. The zero-order chi connectivity index (χ0) is 22.1. The molecule has 31 heavy (non-hydrogen) atoms. The summed E-state index contributed by atoms with van der Waals surface area (Å²) in [5.41, 5.74) is 1.85. The third kappa shape index (κ3) is 7.76. The minimum Gasteiger partial charge on any atom is -0.493 e. The lowest BCUT2D eigenvalue weighted by atomic mass is 10.2. The van der Waals surface area contributed by atoms with E-state index in [1.54, 1.807) is 45.6 Å². The highest BCUT2D eigenvalue weighted by Crippen LogP contribution is 2.38. The number of hydrogen-bond donors (Lipinski definition) is 2. The van der Waals surface area contributed by atoms with Crippen LogP contribution in [0.4, 0.5) is 0 Å². The highest BCUT2D eigenvalue weighted by molar-refractivity contribution is 14.0. The van der Waals surface area contributed by atoms with E-state index >= 15 is 0 Å². The molecule has 2 N–H and O–H groups in total. The van der Waals surface area contributed by atoms with Crippen LogP contribution >= 0.6 is 24.0 Å². The van der Waals surface area contributed by atoms with E-state index in [0.717, 1.165) is 11.1 Å². The number of nitrogens with zero attached hydrogens (tertiary/aromatic N) is 1. The standard InChI is InChI=1S/C21H29N3O5S.HI/c1-6-22-21(23-13-15-7-9-17(10-8-15)30(5,25)26)24-14-16-11-18(27-2)20(29-4)19(12-16)28-3;/h7-12H,6,13-14H2,1-5H3,(H2,22,23,24);1H. The number of sulfone groups is 1. The van der Waals surface area contributed by atoms with Gasteiger partial charge in [0.1, 0.15) is 0 Å². The maximum Gasteiger partial charge on any atom is 0.203 e. The molecule has 2 rings (SSSR count). The van der Waals surface area contributed by atoms with Crippen molar-refractivity contribution in [1.82, 2.24) is 10.6 Å². The Morgan fingerprint density at radius 1 is 0.935 bits per heavy atom. The summed E-state index contributed by atoms with van der Waals surface area (Å²) < 4.78 is 39.3. The maximum atomic E-state index is 11.6. The number of hydrogen-bond acceptors (Lipinski definition) is 6. The molecule has 2 aromatic rings. The minimum atomic E-state index is -3.20. The van der Waals surface area contributed by atoms with Crippen LogP contribution in [0.15, 0.2) is 46.3 Å². The number of ether oxygens (including phenoxy) is 3. The SMILES string of the molecule is CCNC(=NCc1cc(OC)c(OC)c(OC)c1)NCc1ccc(S(C)(=O)=O)cc1.I. The molecule has 0 saturated carbocycles. The van der Waals surface area contributed by atoms with Crippen molar-refractivity contribution in [3.8, 4) is 17.2 Å². The van der Waals surface area contributed by atoms with Crippen molar-refractivity contribution in [3.05, 3.63) is 47.5 Å². The number of aliphatic imine (C=N–C) groups is 1. The topological polar surface area (TPSA) is 98.2 Å². The normalized spacial score (nSPS) is 11.3.